The maximum Gasteiger partial charge on any atom is 0.336 e. The monoisotopic (exact) mass is 344 g/mol. The lowest BCUT2D eigenvalue weighted by Gasteiger charge is -2.07. The van der Waals surface area contributed by atoms with Crippen LogP contribution < -0.4 is 5.63 Å². The summed E-state index contributed by atoms with van der Waals surface area (Å²) in [6, 6.07) is 11.4. The van der Waals surface area contributed by atoms with E-state index in [4.69, 9.17) is 4.42 Å². The fourth-order valence-electron chi connectivity index (χ4n) is 3.86. The lowest BCUT2D eigenvalue weighted by Crippen LogP contribution is -2.03. The summed E-state index contributed by atoms with van der Waals surface area (Å²) in [5, 5.41) is 20.3. The minimum atomic E-state index is -1.23. The first-order chi connectivity index (χ1) is 12.6. The number of fused-ring (bicyclic) bond motifs is 1. The Morgan fingerprint density at radius 3 is 2.65 bits per heavy atom. The molecule has 128 valence electrons. The lowest BCUT2D eigenvalue weighted by atomic mass is 9.98. The van der Waals surface area contributed by atoms with Gasteiger partial charge in [-0.05, 0) is 29.7 Å². The van der Waals surface area contributed by atoms with Crippen molar-refractivity contribution in [1.82, 2.24) is 9.55 Å². The Balaban J connectivity index is 1.97. The Kier molecular flexibility index (Phi) is 3.45. The summed E-state index contributed by atoms with van der Waals surface area (Å²) in [6.07, 6.45) is 4.28. The molecule has 2 heterocycles. The fourth-order valence-corrected chi connectivity index (χ4v) is 3.86. The van der Waals surface area contributed by atoms with Crippen molar-refractivity contribution >= 4 is 11.0 Å². The maximum absolute atomic E-state index is 12.1. The van der Waals surface area contributed by atoms with Crippen LogP contribution in [0.5, 0.6) is 0 Å². The predicted molar refractivity (Wildman–Crippen MR) is 94.2 cm³/mol. The number of nitrogens with zero attached hydrogens (tertiary/aromatic N) is 4. The maximum atomic E-state index is 12.1. The molecule has 1 aromatic carbocycles. The average Bonchev–Trinajstić information content (AvgIpc) is 3.13. The number of benzene rings is 1. The van der Waals surface area contributed by atoms with Gasteiger partial charge in [-0.1, -0.05) is 13.0 Å². The van der Waals surface area contributed by atoms with Crippen LogP contribution in [-0.2, 0) is 13.5 Å². The molecule has 0 bridgehead atoms. The van der Waals surface area contributed by atoms with Gasteiger partial charge in [0.05, 0.1) is 18.1 Å². The van der Waals surface area contributed by atoms with Gasteiger partial charge in [-0.3, -0.25) is 0 Å². The van der Waals surface area contributed by atoms with Crippen molar-refractivity contribution in [1.29, 1.82) is 10.5 Å². The van der Waals surface area contributed by atoms with Gasteiger partial charge in [-0.2, -0.15) is 10.5 Å². The number of aromatic nitrogens is 2. The molecule has 1 aliphatic carbocycles. The van der Waals surface area contributed by atoms with Gasteiger partial charge in [0.2, 0.25) is 0 Å². The summed E-state index contributed by atoms with van der Waals surface area (Å²) < 4.78 is 7.14. The van der Waals surface area contributed by atoms with E-state index in [1.807, 2.05) is 30.7 Å². The van der Waals surface area contributed by atoms with Gasteiger partial charge in [0.25, 0.3) is 0 Å². The molecule has 0 saturated heterocycles. The minimum absolute atomic E-state index is 0.382. The second-order valence-corrected chi connectivity index (χ2v) is 6.65. The van der Waals surface area contributed by atoms with E-state index < -0.39 is 17.0 Å². The van der Waals surface area contributed by atoms with Crippen molar-refractivity contribution in [3.8, 4) is 12.1 Å². The van der Waals surface area contributed by atoms with Crippen LogP contribution in [0, 0.1) is 28.1 Å². The third-order valence-corrected chi connectivity index (χ3v) is 5.29. The topological polar surface area (TPSA) is 95.6 Å². The van der Waals surface area contributed by atoms with Gasteiger partial charge in [0.15, 0.2) is 5.41 Å². The highest BCUT2D eigenvalue weighted by Crippen LogP contribution is 2.69. The van der Waals surface area contributed by atoms with E-state index in [0.717, 1.165) is 17.4 Å². The van der Waals surface area contributed by atoms with Crippen molar-refractivity contribution in [3.05, 3.63) is 64.0 Å². The molecule has 26 heavy (non-hydrogen) atoms. The molecule has 0 N–H and O–H groups in total. The molecule has 1 saturated carbocycles. The molecule has 2 atom stereocenters. The standard InChI is InChI=1S/C20H16N4O2/c1-3-12-4-5-15-13(8-12)14(9-16(25)26-15)17-18(20(17,10-21)11-22)19-23-6-7-24(19)2/h4-9,17-18H,3H2,1-2H3. The van der Waals surface area contributed by atoms with E-state index in [1.165, 1.54) is 6.07 Å². The fraction of sp³-hybridized carbons (Fsp3) is 0.300. The quantitative estimate of drug-likeness (QED) is 0.681. The number of imidazole rings is 1. The predicted octanol–water partition coefficient (Wildman–Crippen LogP) is 3.00. The van der Waals surface area contributed by atoms with E-state index in [2.05, 4.69) is 17.1 Å². The number of aryl methyl sites for hydroxylation is 2. The van der Waals surface area contributed by atoms with Crippen molar-refractivity contribution in [3.63, 3.8) is 0 Å². The van der Waals surface area contributed by atoms with Gasteiger partial charge >= 0.3 is 5.63 Å². The summed E-state index contributed by atoms with van der Waals surface area (Å²) >= 11 is 0. The summed E-state index contributed by atoms with van der Waals surface area (Å²) in [5.74, 6) is -0.128. The van der Waals surface area contributed by atoms with Crippen molar-refractivity contribution in [2.45, 2.75) is 25.2 Å². The first kappa shape index (κ1) is 16.1. The van der Waals surface area contributed by atoms with Gasteiger partial charge in [0.1, 0.15) is 11.4 Å². The number of hydrogen-bond acceptors (Lipinski definition) is 5. The molecule has 0 radical (unpaired) electrons. The second kappa shape index (κ2) is 5.57. The number of hydrogen-bond donors (Lipinski definition) is 0. The summed E-state index contributed by atoms with van der Waals surface area (Å²) in [6.45, 7) is 2.04. The molecule has 0 amide bonds. The van der Waals surface area contributed by atoms with Crippen LogP contribution >= 0.6 is 0 Å². The largest absolute Gasteiger partial charge is 0.423 e. The molecule has 3 aromatic rings. The zero-order chi connectivity index (χ0) is 18.5. The van der Waals surface area contributed by atoms with E-state index in [0.29, 0.717) is 17.0 Å². The SMILES string of the molecule is CCc1ccc2oc(=O)cc(C3C(c4nccn4C)C3(C#N)C#N)c2c1. The second-order valence-electron chi connectivity index (χ2n) is 6.65. The number of nitriles is 2. The Morgan fingerprint density at radius 1 is 1.27 bits per heavy atom. The van der Waals surface area contributed by atoms with Crippen LogP contribution in [0.2, 0.25) is 0 Å². The molecule has 0 spiro atoms. The summed E-state index contributed by atoms with van der Waals surface area (Å²) in [7, 11) is 1.84. The zero-order valence-corrected chi connectivity index (χ0v) is 14.4. The Bertz CT molecular complexity index is 1140. The Hall–Kier alpha value is -3.38. The average molecular weight is 344 g/mol. The minimum Gasteiger partial charge on any atom is -0.423 e. The highest BCUT2D eigenvalue weighted by molar-refractivity contribution is 5.83. The number of rotatable bonds is 3. The van der Waals surface area contributed by atoms with Crippen LogP contribution in [0.15, 0.2) is 45.9 Å². The third-order valence-electron chi connectivity index (χ3n) is 5.29. The molecule has 1 fully saturated rings. The highest BCUT2D eigenvalue weighted by atomic mass is 16.4. The van der Waals surface area contributed by atoms with E-state index in [1.54, 1.807) is 18.5 Å². The Labute approximate surface area is 149 Å². The van der Waals surface area contributed by atoms with E-state index in [-0.39, 0.29) is 5.92 Å². The third kappa shape index (κ3) is 2.09. The smallest absolute Gasteiger partial charge is 0.336 e. The van der Waals surface area contributed by atoms with Crippen molar-refractivity contribution in [2.75, 3.05) is 0 Å². The van der Waals surface area contributed by atoms with E-state index >= 15 is 0 Å². The molecule has 2 unspecified atom stereocenters. The van der Waals surface area contributed by atoms with Gasteiger partial charge < -0.3 is 8.98 Å². The molecule has 1 aliphatic rings. The zero-order valence-electron chi connectivity index (χ0n) is 14.4. The van der Waals surface area contributed by atoms with Crippen LogP contribution in [0.1, 0.15) is 35.7 Å². The van der Waals surface area contributed by atoms with E-state index in [9.17, 15) is 15.3 Å². The highest BCUT2D eigenvalue weighted by Gasteiger charge is 2.70. The molecular weight excluding hydrogens is 328 g/mol. The summed E-state index contributed by atoms with van der Waals surface area (Å²) in [4.78, 5) is 16.4. The van der Waals surface area contributed by atoms with Crippen LogP contribution in [0.4, 0.5) is 0 Å². The lowest BCUT2D eigenvalue weighted by molar-refractivity contribution is 0.558. The van der Waals surface area contributed by atoms with Gasteiger partial charge in [-0.25, -0.2) is 9.78 Å². The first-order valence-electron chi connectivity index (χ1n) is 8.42. The molecule has 4 rings (SSSR count). The molecule has 6 heteroatoms. The van der Waals surface area contributed by atoms with Gasteiger partial charge in [-0.15, -0.1) is 0 Å². The van der Waals surface area contributed by atoms with Gasteiger partial charge in [0, 0.05) is 36.8 Å². The van der Waals surface area contributed by atoms with Crippen LogP contribution in [-0.4, -0.2) is 9.55 Å². The first-order valence-corrected chi connectivity index (χ1v) is 8.42. The summed E-state index contributed by atoms with van der Waals surface area (Å²) in [5.41, 5.74) is 0.540. The van der Waals surface area contributed by atoms with Crippen molar-refractivity contribution in [2.24, 2.45) is 12.5 Å². The van der Waals surface area contributed by atoms with Crippen molar-refractivity contribution < 1.29 is 4.42 Å². The Morgan fingerprint density at radius 2 is 2.04 bits per heavy atom. The molecular formula is C20H16N4O2. The molecule has 6 nitrogen and oxygen atoms in total. The normalized spacial score (nSPS) is 20.5. The molecule has 0 aliphatic heterocycles. The van der Waals surface area contributed by atoms with Crippen LogP contribution in [0.25, 0.3) is 11.0 Å². The molecule has 2 aromatic heterocycles. The van der Waals surface area contributed by atoms with Crippen LogP contribution in [0.3, 0.4) is 0 Å².